The Bertz CT molecular complexity index is 577. The van der Waals surface area contributed by atoms with Crippen LogP contribution >= 0.6 is 0 Å². The van der Waals surface area contributed by atoms with E-state index in [2.05, 4.69) is 5.32 Å². The van der Waals surface area contributed by atoms with Crippen LogP contribution in [0, 0.1) is 17.6 Å². The Kier molecular flexibility index (Phi) is 5.11. The van der Waals surface area contributed by atoms with E-state index in [1.54, 1.807) is 11.8 Å². The summed E-state index contributed by atoms with van der Waals surface area (Å²) in [6.45, 7) is 4.30. The first-order chi connectivity index (χ1) is 10.4. The number of halogens is 2. The van der Waals surface area contributed by atoms with Gasteiger partial charge in [0.25, 0.3) is 0 Å². The topological polar surface area (TPSA) is 49.4 Å². The van der Waals surface area contributed by atoms with Crippen LogP contribution in [0.4, 0.5) is 8.78 Å². The summed E-state index contributed by atoms with van der Waals surface area (Å²) in [4.78, 5) is 25.3. The minimum atomic E-state index is -0.931. The van der Waals surface area contributed by atoms with Gasteiger partial charge < -0.3 is 10.2 Å². The van der Waals surface area contributed by atoms with E-state index >= 15 is 0 Å². The Balaban J connectivity index is 1.98. The summed E-state index contributed by atoms with van der Waals surface area (Å²) in [5.41, 5.74) is 0.506. The third-order valence-electron chi connectivity index (χ3n) is 4.04. The maximum Gasteiger partial charge on any atom is 0.225 e. The summed E-state index contributed by atoms with van der Waals surface area (Å²) in [6.07, 6.45) is 1.51. The van der Waals surface area contributed by atoms with E-state index in [0.717, 1.165) is 25.0 Å². The predicted molar refractivity (Wildman–Crippen MR) is 77.9 cm³/mol. The molecule has 0 radical (unpaired) electrons. The smallest absolute Gasteiger partial charge is 0.225 e. The molecule has 22 heavy (non-hydrogen) atoms. The summed E-state index contributed by atoms with van der Waals surface area (Å²) < 4.78 is 26.2. The Morgan fingerprint density at radius 2 is 2.05 bits per heavy atom. The van der Waals surface area contributed by atoms with E-state index in [1.165, 1.54) is 13.0 Å². The molecule has 0 aromatic heterocycles. The average molecular weight is 310 g/mol. The van der Waals surface area contributed by atoms with Gasteiger partial charge in [0.15, 0.2) is 11.6 Å². The molecule has 1 fully saturated rings. The van der Waals surface area contributed by atoms with Gasteiger partial charge in [-0.05, 0) is 37.5 Å². The second-order valence-corrected chi connectivity index (χ2v) is 5.71. The Morgan fingerprint density at radius 3 is 2.68 bits per heavy atom. The Labute approximate surface area is 128 Å². The summed E-state index contributed by atoms with van der Waals surface area (Å²) in [5, 5.41) is 2.81. The molecular formula is C16H20F2N2O2. The zero-order valence-corrected chi connectivity index (χ0v) is 12.7. The van der Waals surface area contributed by atoms with Gasteiger partial charge in [-0.15, -0.1) is 0 Å². The van der Waals surface area contributed by atoms with Crippen molar-refractivity contribution in [3.8, 4) is 0 Å². The number of carbonyl (C=O) groups is 2. The van der Waals surface area contributed by atoms with Crippen molar-refractivity contribution in [1.82, 2.24) is 10.2 Å². The third kappa shape index (κ3) is 3.81. The van der Waals surface area contributed by atoms with Crippen molar-refractivity contribution in [2.45, 2.75) is 32.7 Å². The fourth-order valence-electron chi connectivity index (χ4n) is 2.67. The van der Waals surface area contributed by atoms with Crippen LogP contribution < -0.4 is 5.32 Å². The van der Waals surface area contributed by atoms with E-state index in [4.69, 9.17) is 0 Å². The van der Waals surface area contributed by atoms with Crippen LogP contribution in [0.5, 0.6) is 0 Å². The molecule has 1 heterocycles. The lowest BCUT2D eigenvalue weighted by molar-refractivity contribution is -0.134. The summed E-state index contributed by atoms with van der Waals surface area (Å²) in [7, 11) is 0. The van der Waals surface area contributed by atoms with E-state index in [0.29, 0.717) is 18.7 Å². The van der Waals surface area contributed by atoms with Gasteiger partial charge in [-0.3, -0.25) is 9.59 Å². The lowest BCUT2D eigenvalue weighted by atomic mass is 9.96. The molecule has 1 aliphatic rings. The van der Waals surface area contributed by atoms with Crippen molar-refractivity contribution in [2.24, 2.45) is 5.92 Å². The lowest BCUT2D eigenvalue weighted by Crippen LogP contribution is -2.45. The van der Waals surface area contributed by atoms with Gasteiger partial charge in [0.05, 0.1) is 12.0 Å². The number of likely N-dealkylation sites (tertiary alicyclic amines) is 1. The molecule has 1 N–H and O–H groups in total. The molecular weight excluding hydrogens is 290 g/mol. The minimum absolute atomic E-state index is 0.0360. The van der Waals surface area contributed by atoms with Gasteiger partial charge in [-0.2, -0.15) is 0 Å². The fourth-order valence-corrected chi connectivity index (χ4v) is 2.67. The van der Waals surface area contributed by atoms with Gasteiger partial charge in [-0.25, -0.2) is 8.78 Å². The molecule has 0 unspecified atom stereocenters. The molecule has 0 spiro atoms. The third-order valence-corrected chi connectivity index (χ3v) is 4.04. The molecule has 2 atom stereocenters. The zero-order chi connectivity index (χ0) is 16.3. The van der Waals surface area contributed by atoms with Crippen molar-refractivity contribution in [2.75, 3.05) is 13.1 Å². The molecule has 0 aliphatic carbocycles. The van der Waals surface area contributed by atoms with Crippen LogP contribution in [0.25, 0.3) is 0 Å². The summed E-state index contributed by atoms with van der Waals surface area (Å²) >= 11 is 0. The van der Waals surface area contributed by atoms with Crippen LogP contribution in [-0.2, 0) is 9.59 Å². The molecule has 0 bridgehead atoms. The van der Waals surface area contributed by atoms with Crippen molar-refractivity contribution in [3.63, 3.8) is 0 Å². The molecule has 6 heteroatoms. The largest absolute Gasteiger partial charge is 0.349 e. The number of nitrogens with one attached hydrogen (secondary N) is 1. The highest BCUT2D eigenvalue weighted by atomic mass is 19.2. The van der Waals surface area contributed by atoms with Gasteiger partial charge >= 0.3 is 0 Å². The highest BCUT2D eigenvalue weighted by Gasteiger charge is 2.27. The molecule has 4 nitrogen and oxygen atoms in total. The average Bonchev–Trinajstić information content (AvgIpc) is 2.50. The Morgan fingerprint density at radius 1 is 1.32 bits per heavy atom. The standard InChI is InChI=1S/C16H20F2N2O2/c1-10(12-5-6-14(17)15(18)8-12)19-16(22)13-4-3-7-20(9-13)11(2)21/h5-6,8,10,13H,3-4,7,9H2,1-2H3,(H,19,22)/t10-,13+/m0/s1. The first kappa shape index (κ1) is 16.4. The van der Waals surface area contributed by atoms with Gasteiger partial charge in [0, 0.05) is 20.0 Å². The van der Waals surface area contributed by atoms with Crippen LogP contribution in [0.2, 0.25) is 0 Å². The van der Waals surface area contributed by atoms with Crippen LogP contribution in [0.1, 0.15) is 38.3 Å². The van der Waals surface area contributed by atoms with Crippen molar-refractivity contribution < 1.29 is 18.4 Å². The maximum absolute atomic E-state index is 13.2. The second kappa shape index (κ2) is 6.85. The molecule has 0 saturated carbocycles. The lowest BCUT2D eigenvalue weighted by Gasteiger charge is -2.32. The highest BCUT2D eigenvalue weighted by Crippen LogP contribution is 2.20. The molecule has 120 valence electrons. The van der Waals surface area contributed by atoms with Gasteiger partial charge in [0.2, 0.25) is 11.8 Å². The number of carbonyl (C=O) groups excluding carboxylic acids is 2. The number of hydrogen-bond donors (Lipinski definition) is 1. The van der Waals surface area contributed by atoms with E-state index in [-0.39, 0.29) is 17.7 Å². The van der Waals surface area contributed by atoms with E-state index in [9.17, 15) is 18.4 Å². The summed E-state index contributed by atoms with van der Waals surface area (Å²) in [6, 6.07) is 3.16. The van der Waals surface area contributed by atoms with Crippen LogP contribution in [0.15, 0.2) is 18.2 Å². The number of nitrogens with zero attached hydrogens (tertiary/aromatic N) is 1. The first-order valence-electron chi connectivity index (χ1n) is 7.39. The molecule has 2 amide bonds. The maximum atomic E-state index is 13.2. The van der Waals surface area contributed by atoms with Crippen molar-refractivity contribution in [1.29, 1.82) is 0 Å². The molecule has 1 aliphatic heterocycles. The van der Waals surface area contributed by atoms with Crippen molar-refractivity contribution in [3.05, 3.63) is 35.4 Å². The van der Waals surface area contributed by atoms with E-state index < -0.39 is 17.7 Å². The van der Waals surface area contributed by atoms with E-state index in [1.807, 2.05) is 0 Å². The van der Waals surface area contributed by atoms with Gasteiger partial charge in [0.1, 0.15) is 0 Å². The number of benzene rings is 1. The predicted octanol–water partition coefficient (Wildman–Crippen LogP) is 2.40. The summed E-state index contributed by atoms with van der Waals surface area (Å²) in [5.74, 6) is -2.30. The zero-order valence-electron chi connectivity index (χ0n) is 12.7. The molecule has 1 aromatic carbocycles. The number of hydrogen-bond acceptors (Lipinski definition) is 2. The Hall–Kier alpha value is -1.98. The van der Waals surface area contributed by atoms with Gasteiger partial charge in [-0.1, -0.05) is 6.07 Å². The monoisotopic (exact) mass is 310 g/mol. The molecule has 1 aromatic rings. The SMILES string of the molecule is CC(=O)N1CCC[C@@H](C(=O)N[C@@H](C)c2ccc(F)c(F)c2)C1. The quantitative estimate of drug-likeness (QED) is 0.932. The highest BCUT2D eigenvalue weighted by molar-refractivity contribution is 5.81. The van der Waals surface area contributed by atoms with Crippen LogP contribution in [0.3, 0.4) is 0 Å². The number of amides is 2. The molecule has 2 rings (SSSR count). The normalized spacial score (nSPS) is 19.6. The van der Waals surface area contributed by atoms with Crippen molar-refractivity contribution >= 4 is 11.8 Å². The first-order valence-corrected chi connectivity index (χ1v) is 7.39. The minimum Gasteiger partial charge on any atom is -0.349 e. The second-order valence-electron chi connectivity index (χ2n) is 5.71. The number of piperidine rings is 1. The molecule has 1 saturated heterocycles. The number of rotatable bonds is 3. The fraction of sp³-hybridized carbons (Fsp3) is 0.500. The van der Waals surface area contributed by atoms with Crippen LogP contribution in [-0.4, -0.2) is 29.8 Å².